The van der Waals surface area contributed by atoms with Crippen LogP contribution < -0.4 is 5.32 Å². The van der Waals surface area contributed by atoms with Gasteiger partial charge in [0.15, 0.2) is 0 Å². The van der Waals surface area contributed by atoms with Gasteiger partial charge in [-0.25, -0.2) is 0 Å². The molecule has 148 valence electrons. The van der Waals surface area contributed by atoms with Gasteiger partial charge < -0.3 is 14.4 Å². The van der Waals surface area contributed by atoms with Crippen molar-refractivity contribution in [2.24, 2.45) is 0 Å². The smallest absolute Gasteiger partial charge is 0.257 e. The molecule has 0 saturated carbocycles. The van der Waals surface area contributed by atoms with Gasteiger partial charge in [-0.05, 0) is 19.9 Å². The average molecular weight is 413 g/mol. The number of halogens is 1. The molecule has 4 aromatic rings. The molecule has 0 atom stereocenters. The third-order valence-corrected chi connectivity index (χ3v) is 4.63. The topological polar surface area (TPSA) is 112 Å². The van der Waals surface area contributed by atoms with Crippen LogP contribution in [0, 0.1) is 6.92 Å². The molecule has 4 rings (SSSR count). The molecule has 0 spiro atoms. The second-order valence-electron chi connectivity index (χ2n) is 6.22. The van der Waals surface area contributed by atoms with Crippen LogP contribution in [-0.2, 0) is 13.1 Å². The number of hydrogen-bond donors (Lipinski definition) is 1. The predicted octanol–water partition coefficient (Wildman–Crippen LogP) is 3.50. The van der Waals surface area contributed by atoms with Crippen LogP contribution in [0.25, 0.3) is 22.6 Å². The molecule has 0 fully saturated rings. The number of aryl methyl sites for hydroxylation is 2. The van der Waals surface area contributed by atoms with Crippen LogP contribution in [0.5, 0.6) is 0 Å². The largest absolute Gasteiger partial charge is 0.360 e. The highest BCUT2D eigenvalue weighted by Crippen LogP contribution is 2.30. The van der Waals surface area contributed by atoms with Gasteiger partial charge >= 0.3 is 0 Å². The van der Waals surface area contributed by atoms with E-state index in [0.29, 0.717) is 33.4 Å². The van der Waals surface area contributed by atoms with Crippen molar-refractivity contribution < 1.29 is 13.8 Å². The van der Waals surface area contributed by atoms with E-state index in [-0.39, 0.29) is 18.3 Å². The van der Waals surface area contributed by atoms with Crippen LogP contribution in [0.4, 0.5) is 0 Å². The lowest BCUT2D eigenvalue weighted by atomic mass is 10.1. The van der Waals surface area contributed by atoms with Gasteiger partial charge in [-0.15, -0.1) is 0 Å². The SMILES string of the molecule is CCn1cc(-c2noc(CNC(=O)c3c(-c4ccccc4Cl)noc3C)n2)cn1. The maximum Gasteiger partial charge on any atom is 0.257 e. The first-order valence-corrected chi connectivity index (χ1v) is 9.29. The summed E-state index contributed by atoms with van der Waals surface area (Å²) in [6.07, 6.45) is 3.48. The summed E-state index contributed by atoms with van der Waals surface area (Å²) < 4.78 is 12.2. The molecule has 0 aliphatic heterocycles. The van der Waals surface area contributed by atoms with Gasteiger partial charge in [-0.3, -0.25) is 9.48 Å². The monoisotopic (exact) mass is 412 g/mol. The van der Waals surface area contributed by atoms with Crippen LogP contribution in [0.2, 0.25) is 5.02 Å². The number of nitrogens with zero attached hydrogens (tertiary/aromatic N) is 5. The van der Waals surface area contributed by atoms with Crippen LogP contribution in [0.15, 0.2) is 45.7 Å². The van der Waals surface area contributed by atoms with Crippen LogP contribution in [0.1, 0.15) is 28.9 Å². The molecule has 3 heterocycles. The van der Waals surface area contributed by atoms with Crippen LogP contribution in [-0.4, -0.2) is 31.0 Å². The third-order valence-electron chi connectivity index (χ3n) is 4.30. The number of hydrogen-bond acceptors (Lipinski definition) is 7. The number of nitrogens with one attached hydrogen (secondary N) is 1. The number of rotatable bonds is 6. The Kier molecular flexibility index (Phi) is 5.13. The van der Waals surface area contributed by atoms with Gasteiger partial charge in [0, 0.05) is 18.3 Å². The van der Waals surface area contributed by atoms with E-state index in [2.05, 4.69) is 25.7 Å². The van der Waals surface area contributed by atoms with Crippen molar-refractivity contribution in [2.75, 3.05) is 0 Å². The molecular weight excluding hydrogens is 396 g/mol. The van der Waals surface area contributed by atoms with Gasteiger partial charge in [0.2, 0.25) is 11.7 Å². The van der Waals surface area contributed by atoms with Crippen LogP contribution >= 0.6 is 11.6 Å². The van der Waals surface area contributed by atoms with Crippen LogP contribution in [0.3, 0.4) is 0 Å². The molecular formula is C19H17ClN6O3. The minimum atomic E-state index is -0.378. The Balaban J connectivity index is 1.50. The Hall–Kier alpha value is -3.46. The van der Waals surface area contributed by atoms with E-state index in [4.69, 9.17) is 20.6 Å². The molecule has 0 aliphatic carbocycles. The first-order chi connectivity index (χ1) is 14.1. The molecule has 0 radical (unpaired) electrons. The number of aromatic nitrogens is 5. The van der Waals surface area contributed by atoms with E-state index < -0.39 is 0 Å². The van der Waals surface area contributed by atoms with Crippen molar-refractivity contribution in [3.8, 4) is 22.6 Å². The third kappa shape index (κ3) is 3.77. The Labute approximate surface area is 170 Å². The zero-order valence-corrected chi connectivity index (χ0v) is 16.5. The van der Waals surface area contributed by atoms with Crippen molar-refractivity contribution in [2.45, 2.75) is 26.9 Å². The number of amides is 1. The van der Waals surface area contributed by atoms with Gasteiger partial charge in [-0.1, -0.05) is 40.1 Å². The van der Waals surface area contributed by atoms with E-state index in [1.54, 1.807) is 36.0 Å². The summed E-state index contributed by atoms with van der Waals surface area (Å²) in [5, 5.41) is 15.3. The molecule has 0 bridgehead atoms. The quantitative estimate of drug-likeness (QED) is 0.515. The zero-order valence-electron chi connectivity index (χ0n) is 15.7. The molecule has 1 N–H and O–H groups in total. The van der Waals surface area contributed by atoms with Crippen molar-refractivity contribution in [3.63, 3.8) is 0 Å². The fourth-order valence-electron chi connectivity index (χ4n) is 2.82. The Morgan fingerprint density at radius 3 is 2.83 bits per heavy atom. The Bertz CT molecular complexity index is 1160. The van der Waals surface area contributed by atoms with E-state index in [1.165, 1.54) is 0 Å². The lowest BCUT2D eigenvalue weighted by molar-refractivity contribution is 0.0945. The molecule has 1 aromatic carbocycles. The molecule has 29 heavy (non-hydrogen) atoms. The van der Waals surface area contributed by atoms with Gasteiger partial charge in [0.1, 0.15) is 17.0 Å². The average Bonchev–Trinajstić information content (AvgIpc) is 3.46. The minimum absolute atomic E-state index is 0.0559. The van der Waals surface area contributed by atoms with E-state index >= 15 is 0 Å². The van der Waals surface area contributed by atoms with Gasteiger partial charge in [-0.2, -0.15) is 10.1 Å². The molecule has 0 unspecified atom stereocenters. The van der Waals surface area contributed by atoms with Crippen molar-refractivity contribution in [1.82, 2.24) is 30.4 Å². The number of benzene rings is 1. The summed E-state index contributed by atoms with van der Waals surface area (Å²) in [7, 11) is 0. The second-order valence-corrected chi connectivity index (χ2v) is 6.63. The highest BCUT2D eigenvalue weighted by atomic mass is 35.5. The van der Waals surface area contributed by atoms with Crippen molar-refractivity contribution in [1.29, 1.82) is 0 Å². The maximum absolute atomic E-state index is 12.8. The molecule has 0 aliphatic rings. The second kappa shape index (κ2) is 7.88. The van der Waals surface area contributed by atoms with E-state index in [9.17, 15) is 4.79 Å². The summed E-state index contributed by atoms with van der Waals surface area (Å²) in [6.45, 7) is 4.45. The summed E-state index contributed by atoms with van der Waals surface area (Å²) in [4.78, 5) is 17.1. The van der Waals surface area contributed by atoms with Gasteiger partial charge in [0.05, 0.1) is 23.3 Å². The van der Waals surface area contributed by atoms with Crippen molar-refractivity contribution in [3.05, 3.63) is 58.9 Å². The lowest BCUT2D eigenvalue weighted by Crippen LogP contribution is -2.23. The minimum Gasteiger partial charge on any atom is -0.360 e. The standard InChI is InChI=1S/C19H17ClN6O3/c1-3-26-10-12(8-22-26)18-23-15(29-25-18)9-21-19(27)16-11(2)28-24-17(16)13-6-4-5-7-14(13)20/h4-8,10H,3,9H2,1-2H3,(H,21,27). The number of carbonyl (C=O) groups excluding carboxylic acids is 1. The summed E-state index contributed by atoms with van der Waals surface area (Å²) in [5.41, 5.74) is 2.04. The van der Waals surface area contributed by atoms with E-state index in [0.717, 1.165) is 12.1 Å². The highest BCUT2D eigenvalue weighted by Gasteiger charge is 2.23. The Morgan fingerprint density at radius 1 is 1.24 bits per heavy atom. The lowest BCUT2D eigenvalue weighted by Gasteiger charge is -2.04. The highest BCUT2D eigenvalue weighted by molar-refractivity contribution is 6.33. The van der Waals surface area contributed by atoms with Gasteiger partial charge in [0.25, 0.3) is 5.91 Å². The maximum atomic E-state index is 12.8. The molecule has 0 saturated heterocycles. The Morgan fingerprint density at radius 2 is 2.07 bits per heavy atom. The van der Waals surface area contributed by atoms with Crippen molar-refractivity contribution >= 4 is 17.5 Å². The summed E-state index contributed by atoms with van der Waals surface area (Å²) >= 11 is 6.24. The zero-order chi connectivity index (χ0) is 20.4. The summed E-state index contributed by atoms with van der Waals surface area (Å²) in [6, 6.07) is 7.11. The molecule has 9 nitrogen and oxygen atoms in total. The molecule has 10 heteroatoms. The fourth-order valence-corrected chi connectivity index (χ4v) is 3.04. The normalized spacial score (nSPS) is 11.0. The molecule has 1 amide bonds. The predicted molar refractivity (Wildman–Crippen MR) is 104 cm³/mol. The molecule has 3 aromatic heterocycles. The first-order valence-electron chi connectivity index (χ1n) is 8.91. The first kappa shape index (κ1) is 18.9. The number of carbonyl (C=O) groups is 1. The van der Waals surface area contributed by atoms with E-state index in [1.807, 2.05) is 19.2 Å². The summed E-state index contributed by atoms with van der Waals surface area (Å²) in [5.74, 6) is 0.686. The fraction of sp³-hybridized carbons (Fsp3) is 0.211.